The Balaban J connectivity index is 1.65. The van der Waals surface area contributed by atoms with Gasteiger partial charge in [-0.15, -0.1) is 11.3 Å². The first-order valence-electron chi connectivity index (χ1n) is 8.14. The number of amides is 1. The van der Waals surface area contributed by atoms with Crippen LogP contribution >= 0.6 is 23.1 Å². The van der Waals surface area contributed by atoms with Crippen LogP contribution in [0.25, 0.3) is 0 Å². The van der Waals surface area contributed by atoms with E-state index in [1.165, 1.54) is 17.3 Å². The van der Waals surface area contributed by atoms with Gasteiger partial charge in [-0.2, -0.15) is 0 Å². The van der Waals surface area contributed by atoms with Crippen LogP contribution in [-0.4, -0.2) is 16.6 Å². The molecule has 0 fully saturated rings. The maximum atomic E-state index is 12.4. The minimum atomic E-state index is -0.0327. The number of hydrogen-bond acceptors (Lipinski definition) is 4. The Bertz CT molecular complexity index is 803. The van der Waals surface area contributed by atoms with Crippen molar-refractivity contribution in [2.45, 2.75) is 23.7 Å². The summed E-state index contributed by atoms with van der Waals surface area (Å²) in [7, 11) is 0. The zero-order valence-corrected chi connectivity index (χ0v) is 15.6. The largest absolute Gasteiger partial charge is 0.348 e. The molecule has 3 aromatic rings. The summed E-state index contributed by atoms with van der Waals surface area (Å²) in [4.78, 5) is 16.8. The fourth-order valence-corrected chi connectivity index (χ4v) is 4.21. The number of carbonyl (C=O) groups is 1. The van der Waals surface area contributed by atoms with Crippen LogP contribution in [0.2, 0.25) is 0 Å². The number of aryl methyl sites for hydroxylation is 1. The lowest BCUT2D eigenvalue weighted by molar-refractivity contribution is -0.119. The molecule has 5 heteroatoms. The number of thioether (sulfide) groups is 1. The molecular weight excluding hydrogens is 348 g/mol. The van der Waals surface area contributed by atoms with Crippen molar-refractivity contribution in [2.75, 3.05) is 5.75 Å². The smallest absolute Gasteiger partial charge is 0.230 e. The summed E-state index contributed by atoms with van der Waals surface area (Å²) in [6.07, 6.45) is 0.775. The minimum absolute atomic E-state index is 0.0302. The van der Waals surface area contributed by atoms with Gasteiger partial charge in [0, 0.05) is 11.1 Å². The number of benzene rings is 2. The van der Waals surface area contributed by atoms with Crippen molar-refractivity contribution >= 4 is 29.0 Å². The molecule has 0 aliphatic carbocycles. The highest BCUT2D eigenvalue weighted by Gasteiger charge is 2.15. The predicted molar refractivity (Wildman–Crippen MR) is 105 cm³/mol. The van der Waals surface area contributed by atoms with Crippen LogP contribution in [0.1, 0.15) is 22.9 Å². The Morgan fingerprint density at radius 3 is 2.44 bits per heavy atom. The van der Waals surface area contributed by atoms with Crippen LogP contribution in [-0.2, 0) is 11.2 Å². The van der Waals surface area contributed by atoms with Crippen LogP contribution in [0.3, 0.4) is 0 Å². The molecule has 0 unspecified atom stereocenters. The predicted octanol–water partition coefficient (Wildman–Crippen LogP) is 4.64. The normalized spacial score (nSPS) is 11.9. The molecule has 0 bridgehead atoms. The highest BCUT2D eigenvalue weighted by Crippen LogP contribution is 2.23. The quantitative estimate of drug-likeness (QED) is 0.618. The van der Waals surface area contributed by atoms with E-state index in [1.807, 2.05) is 48.7 Å². The maximum absolute atomic E-state index is 12.4. The van der Waals surface area contributed by atoms with E-state index in [1.54, 1.807) is 11.3 Å². The number of rotatable bonds is 7. The van der Waals surface area contributed by atoms with Gasteiger partial charge in [0.05, 0.1) is 11.8 Å². The van der Waals surface area contributed by atoms with Crippen molar-refractivity contribution in [3.8, 4) is 0 Å². The molecule has 0 saturated heterocycles. The lowest BCUT2D eigenvalue weighted by Crippen LogP contribution is -2.31. The fourth-order valence-electron chi connectivity index (χ4n) is 2.55. The van der Waals surface area contributed by atoms with Gasteiger partial charge >= 0.3 is 0 Å². The van der Waals surface area contributed by atoms with E-state index in [0.29, 0.717) is 5.75 Å². The first kappa shape index (κ1) is 17.7. The second-order valence-corrected chi connectivity index (χ2v) is 7.84. The molecule has 1 heterocycles. The number of nitrogens with zero attached hydrogens (tertiary/aromatic N) is 1. The third kappa shape index (κ3) is 5.44. The van der Waals surface area contributed by atoms with Gasteiger partial charge in [-0.25, -0.2) is 4.98 Å². The van der Waals surface area contributed by atoms with E-state index in [9.17, 15) is 4.79 Å². The molecule has 1 atom stereocenters. The summed E-state index contributed by atoms with van der Waals surface area (Å²) < 4.78 is 0.937. The molecule has 1 amide bonds. The van der Waals surface area contributed by atoms with E-state index in [2.05, 4.69) is 34.6 Å². The van der Waals surface area contributed by atoms with E-state index in [4.69, 9.17) is 0 Å². The van der Waals surface area contributed by atoms with Crippen molar-refractivity contribution < 1.29 is 4.79 Å². The third-order valence-corrected chi connectivity index (χ3v) is 5.88. The second-order valence-electron chi connectivity index (χ2n) is 5.76. The van der Waals surface area contributed by atoms with E-state index < -0.39 is 0 Å². The van der Waals surface area contributed by atoms with Gasteiger partial charge in [-0.3, -0.25) is 4.79 Å². The average molecular weight is 369 g/mol. The monoisotopic (exact) mass is 368 g/mol. The summed E-state index contributed by atoms with van der Waals surface area (Å²) in [5.74, 6) is 0.410. The van der Waals surface area contributed by atoms with Crippen LogP contribution < -0.4 is 5.32 Å². The standard InChI is InChI=1S/C20H20N2OS2/c1-15-13-24-20(21-15)25-14-19(23)22-18(17-10-6-3-7-11-17)12-16-8-4-2-5-9-16/h2-11,13,18H,12,14H2,1H3,(H,22,23)/t18-/m0/s1. The molecule has 2 aromatic carbocycles. The van der Waals surface area contributed by atoms with Crippen molar-refractivity contribution in [3.05, 3.63) is 82.9 Å². The van der Waals surface area contributed by atoms with E-state index in [-0.39, 0.29) is 11.9 Å². The zero-order valence-electron chi connectivity index (χ0n) is 14.0. The van der Waals surface area contributed by atoms with Gasteiger partial charge < -0.3 is 5.32 Å². The van der Waals surface area contributed by atoms with Crippen LogP contribution in [0, 0.1) is 6.92 Å². The van der Waals surface area contributed by atoms with Gasteiger partial charge in [0.15, 0.2) is 4.34 Å². The molecule has 3 rings (SSSR count). The third-order valence-electron chi connectivity index (χ3n) is 3.74. The number of hydrogen-bond donors (Lipinski definition) is 1. The summed E-state index contributed by atoms with van der Waals surface area (Å²) in [6.45, 7) is 1.96. The van der Waals surface area contributed by atoms with Gasteiger partial charge in [0.2, 0.25) is 5.91 Å². The first-order chi connectivity index (χ1) is 12.2. The zero-order chi connectivity index (χ0) is 17.5. The Morgan fingerprint density at radius 1 is 1.12 bits per heavy atom. The Labute approximate surface area is 156 Å². The van der Waals surface area contributed by atoms with Crippen LogP contribution in [0.5, 0.6) is 0 Å². The Morgan fingerprint density at radius 2 is 1.80 bits per heavy atom. The van der Waals surface area contributed by atoms with Gasteiger partial charge in [-0.05, 0) is 24.5 Å². The average Bonchev–Trinajstić information content (AvgIpc) is 3.06. The number of thiazole rings is 1. The van der Waals surface area contributed by atoms with Crippen molar-refractivity contribution in [3.63, 3.8) is 0 Å². The molecule has 0 aliphatic rings. The van der Waals surface area contributed by atoms with Gasteiger partial charge in [0.25, 0.3) is 0 Å². The molecular formula is C20H20N2OS2. The summed E-state index contributed by atoms with van der Waals surface area (Å²) in [5, 5.41) is 5.18. The summed E-state index contributed by atoms with van der Waals surface area (Å²) in [6, 6.07) is 20.3. The summed E-state index contributed by atoms with van der Waals surface area (Å²) in [5.41, 5.74) is 3.33. The molecule has 0 aliphatic heterocycles. The maximum Gasteiger partial charge on any atom is 0.230 e. The number of aromatic nitrogens is 1. The Kier molecular flexibility index (Phi) is 6.25. The second kappa shape index (κ2) is 8.83. The van der Waals surface area contributed by atoms with Crippen molar-refractivity contribution in [1.29, 1.82) is 0 Å². The summed E-state index contributed by atoms with van der Waals surface area (Å²) >= 11 is 3.07. The number of carbonyl (C=O) groups excluding carboxylic acids is 1. The van der Waals surface area contributed by atoms with E-state index in [0.717, 1.165) is 22.0 Å². The molecule has 25 heavy (non-hydrogen) atoms. The molecule has 1 aromatic heterocycles. The molecule has 128 valence electrons. The molecule has 3 nitrogen and oxygen atoms in total. The topological polar surface area (TPSA) is 42.0 Å². The van der Waals surface area contributed by atoms with Gasteiger partial charge in [0.1, 0.15) is 0 Å². The van der Waals surface area contributed by atoms with Crippen LogP contribution in [0.15, 0.2) is 70.4 Å². The SMILES string of the molecule is Cc1csc(SCC(=O)N[C@@H](Cc2ccccc2)c2ccccc2)n1. The lowest BCUT2D eigenvalue weighted by atomic mass is 9.99. The Hall–Kier alpha value is -2.11. The lowest BCUT2D eigenvalue weighted by Gasteiger charge is -2.19. The highest BCUT2D eigenvalue weighted by molar-refractivity contribution is 8.01. The minimum Gasteiger partial charge on any atom is -0.348 e. The van der Waals surface area contributed by atoms with Crippen molar-refractivity contribution in [1.82, 2.24) is 10.3 Å². The molecule has 0 radical (unpaired) electrons. The van der Waals surface area contributed by atoms with Gasteiger partial charge in [-0.1, -0.05) is 72.4 Å². The molecule has 0 saturated carbocycles. The molecule has 0 spiro atoms. The van der Waals surface area contributed by atoms with E-state index >= 15 is 0 Å². The number of nitrogens with one attached hydrogen (secondary N) is 1. The van der Waals surface area contributed by atoms with Crippen LogP contribution in [0.4, 0.5) is 0 Å². The molecule has 1 N–H and O–H groups in total. The highest BCUT2D eigenvalue weighted by atomic mass is 32.2. The van der Waals surface area contributed by atoms with Crippen molar-refractivity contribution in [2.24, 2.45) is 0 Å². The first-order valence-corrected chi connectivity index (χ1v) is 10.0. The fraction of sp³-hybridized carbons (Fsp3) is 0.200.